The second-order valence-electron chi connectivity index (χ2n) is 6.05. The lowest BCUT2D eigenvalue weighted by atomic mass is 10.2. The third kappa shape index (κ3) is 3.40. The first-order valence-corrected chi connectivity index (χ1v) is 9.85. The summed E-state index contributed by atoms with van der Waals surface area (Å²) >= 11 is 0. The number of nitrogens with zero attached hydrogens (tertiary/aromatic N) is 5. The quantitative estimate of drug-likeness (QED) is 0.660. The molecule has 0 spiro atoms. The van der Waals surface area contributed by atoms with Crippen molar-refractivity contribution >= 4 is 21.7 Å². The topological polar surface area (TPSA) is 126 Å². The summed E-state index contributed by atoms with van der Waals surface area (Å²) in [7, 11) is -4.02. The van der Waals surface area contributed by atoms with Crippen LogP contribution in [0.1, 0.15) is 23.2 Å². The van der Waals surface area contributed by atoms with E-state index in [0.29, 0.717) is 11.6 Å². The van der Waals surface area contributed by atoms with Crippen LogP contribution in [0.2, 0.25) is 0 Å². The third-order valence-electron chi connectivity index (χ3n) is 4.26. The molecule has 27 heavy (non-hydrogen) atoms. The van der Waals surface area contributed by atoms with E-state index in [1.54, 1.807) is 35.3 Å². The van der Waals surface area contributed by atoms with Gasteiger partial charge in [-0.05, 0) is 31.0 Å². The number of amides is 1. The first kappa shape index (κ1) is 17.2. The lowest BCUT2D eigenvalue weighted by Crippen LogP contribution is -2.32. The molecule has 10 nitrogen and oxygen atoms in total. The van der Waals surface area contributed by atoms with E-state index in [2.05, 4.69) is 25.0 Å². The SMILES string of the molecule is O=C(NS(=O)(=O)c1cn[nH]c1)c1ccc(-n2cccn2)nc1N1CCCC1. The molecule has 0 bridgehead atoms. The van der Waals surface area contributed by atoms with Gasteiger partial charge in [-0.2, -0.15) is 10.2 Å². The van der Waals surface area contributed by atoms with Crippen LogP contribution in [0.4, 0.5) is 5.82 Å². The van der Waals surface area contributed by atoms with Crippen molar-refractivity contribution in [3.05, 3.63) is 48.5 Å². The number of carbonyl (C=O) groups excluding carboxylic acids is 1. The average Bonchev–Trinajstić information content (AvgIpc) is 3.44. The molecule has 2 N–H and O–H groups in total. The molecule has 1 aliphatic rings. The summed E-state index contributed by atoms with van der Waals surface area (Å²) in [4.78, 5) is 19.2. The summed E-state index contributed by atoms with van der Waals surface area (Å²) in [6.45, 7) is 1.51. The fourth-order valence-electron chi connectivity index (χ4n) is 2.94. The van der Waals surface area contributed by atoms with Crippen molar-refractivity contribution in [3.63, 3.8) is 0 Å². The number of pyridine rings is 1. The van der Waals surface area contributed by atoms with Gasteiger partial charge in [0.05, 0.1) is 11.8 Å². The van der Waals surface area contributed by atoms with E-state index in [1.165, 1.54) is 6.20 Å². The van der Waals surface area contributed by atoms with Gasteiger partial charge < -0.3 is 4.90 Å². The first-order valence-electron chi connectivity index (χ1n) is 8.36. The minimum absolute atomic E-state index is 0.111. The molecular formula is C16H17N7O3S. The molecule has 0 saturated carbocycles. The molecule has 3 aromatic heterocycles. The summed E-state index contributed by atoms with van der Waals surface area (Å²) in [6, 6.07) is 4.97. The van der Waals surface area contributed by atoms with Gasteiger partial charge >= 0.3 is 0 Å². The predicted octanol–water partition coefficient (Wildman–Crippen LogP) is 0.709. The molecular weight excluding hydrogens is 370 g/mol. The second-order valence-corrected chi connectivity index (χ2v) is 7.74. The standard InChI is InChI=1S/C16H17N7O3S/c24-16(21-27(25,26)12-10-17-18-11-12)13-4-5-14(23-9-3-6-19-23)20-15(13)22-7-1-2-8-22/h3-6,9-11H,1-2,7-8H2,(H,17,18)(H,21,24). The summed E-state index contributed by atoms with van der Waals surface area (Å²) in [5.41, 5.74) is 0.194. The lowest BCUT2D eigenvalue weighted by Gasteiger charge is -2.20. The first-order chi connectivity index (χ1) is 13.0. The molecule has 140 valence electrons. The number of nitrogens with one attached hydrogen (secondary N) is 2. The van der Waals surface area contributed by atoms with Crippen LogP contribution in [0, 0.1) is 0 Å². The van der Waals surface area contributed by atoms with Crippen molar-refractivity contribution in [1.29, 1.82) is 0 Å². The van der Waals surface area contributed by atoms with Gasteiger partial charge in [-0.3, -0.25) is 9.89 Å². The number of H-pyrrole nitrogens is 1. The van der Waals surface area contributed by atoms with Gasteiger partial charge in [-0.15, -0.1) is 0 Å². The Morgan fingerprint density at radius 1 is 1.22 bits per heavy atom. The molecule has 4 rings (SSSR count). The minimum atomic E-state index is -4.02. The molecule has 1 saturated heterocycles. The van der Waals surface area contributed by atoms with Gasteiger partial charge in [0, 0.05) is 31.7 Å². The number of sulfonamides is 1. The number of aromatic nitrogens is 5. The minimum Gasteiger partial charge on any atom is -0.356 e. The van der Waals surface area contributed by atoms with Crippen LogP contribution < -0.4 is 9.62 Å². The van der Waals surface area contributed by atoms with Crippen molar-refractivity contribution < 1.29 is 13.2 Å². The maximum atomic E-state index is 12.7. The zero-order valence-electron chi connectivity index (χ0n) is 14.2. The molecule has 0 unspecified atom stereocenters. The zero-order valence-corrected chi connectivity index (χ0v) is 15.1. The van der Waals surface area contributed by atoms with Crippen LogP contribution in [-0.2, 0) is 10.0 Å². The molecule has 4 heterocycles. The molecule has 0 radical (unpaired) electrons. The van der Waals surface area contributed by atoms with Gasteiger partial charge in [0.25, 0.3) is 15.9 Å². The van der Waals surface area contributed by atoms with E-state index < -0.39 is 15.9 Å². The Bertz CT molecular complexity index is 1040. The van der Waals surface area contributed by atoms with Crippen molar-refractivity contribution in [1.82, 2.24) is 29.7 Å². The van der Waals surface area contributed by atoms with Crippen LogP contribution in [-0.4, -0.2) is 52.4 Å². The Labute approximate surface area is 155 Å². The van der Waals surface area contributed by atoms with E-state index in [-0.39, 0.29) is 10.5 Å². The fraction of sp³-hybridized carbons (Fsp3) is 0.250. The molecule has 1 aliphatic heterocycles. The molecule has 3 aromatic rings. The highest BCUT2D eigenvalue weighted by Crippen LogP contribution is 2.24. The van der Waals surface area contributed by atoms with Crippen molar-refractivity contribution in [3.8, 4) is 5.82 Å². The highest BCUT2D eigenvalue weighted by atomic mass is 32.2. The molecule has 0 aromatic carbocycles. The second kappa shape index (κ2) is 6.83. The highest BCUT2D eigenvalue weighted by molar-refractivity contribution is 7.90. The van der Waals surface area contributed by atoms with Crippen LogP contribution in [0.5, 0.6) is 0 Å². The van der Waals surface area contributed by atoms with Crippen molar-refractivity contribution in [2.45, 2.75) is 17.7 Å². The molecule has 0 aliphatic carbocycles. The Kier molecular flexibility index (Phi) is 4.36. The van der Waals surface area contributed by atoms with Crippen LogP contribution in [0.15, 0.2) is 47.9 Å². The number of hydrogen-bond acceptors (Lipinski definition) is 7. The van der Waals surface area contributed by atoms with Gasteiger partial charge in [0.15, 0.2) is 5.82 Å². The summed E-state index contributed by atoms with van der Waals surface area (Å²) in [5, 5.41) is 10.2. The smallest absolute Gasteiger partial charge is 0.268 e. The van der Waals surface area contributed by atoms with Crippen molar-refractivity contribution in [2.75, 3.05) is 18.0 Å². The molecule has 1 fully saturated rings. The van der Waals surface area contributed by atoms with Crippen LogP contribution in [0.3, 0.4) is 0 Å². The van der Waals surface area contributed by atoms with Gasteiger partial charge in [0.2, 0.25) is 0 Å². The maximum Gasteiger partial charge on any atom is 0.268 e. The summed E-state index contributed by atoms with van der Waals surface area (Å²) in [5.74, 6) is 0.258. The number of rotatable bonds is 5. The van der Waals surface area contributed by atoms with Gasteiger partial charge in [-0.25, -0.2) is 22.8 Å². The lowest BCUT2D eigenvalue weighted by molar-refractivity contribution is 0.0981. The Morgan fingerprint density at radius 3 is 2.70 bits per heavy atom. The third-order valence-corrected chi connectivity index (χ3v) is 5.56. The Hall–Kier alpha value is -3.21. The predicted molar refractivity (Wildman–Crippen MR) is 96.0 cm³/mol. The van der Waals surface area contributed by atoms with Crippen molar-refractivity contribution in [2.24, 2.45) is 0 Å². The van der Waals surface area contributed by atoms with Gasteiger partial charge in [-0.1, -0.05) is 0 Å². The summed E-state index contributed by atoms with van der Waals surface area (Å²) in [6.07, 6.45) is 7.70. The monoisotopic (exact) mass is 387 g/mol. The normalized spacial score (nSPS) is 14.4. The number of anilines is 1. The molecule has 1 amide bonds. The highest BCUT2D eigenvalue weighted by Gasteiger charge is 2.26. The number of hydrogen-bond donors (Lipinski definition) is 2. The Balaban J connectivity index is 1.69. The van der Waals surface area contributed by atoms with E-state index in [0.717, 1.165) is 32.1 Å². The van der Waals surface area contributed by atoms with Crippen LogP contribution >= 0.6 is 0 Å². The number of aromatic amines is 1. The summed E-state index contributed by atoms with van der Waals surface area (Å²) < 4.78 is 28.3. The largest absolute Gasteiger partial charge is 0.356 e. The average molecular weight is 387 g/mol. The van der Waals surface area contributed by atoms with E-state index in [9.17, 15) is 13.2 Å². The molecule has 11 heteroatoms. The number of carbonyl (C=O) groups is 1. The van der Waals surface area contributed by atoms with Crippen LogP contribution in [0.25, 0.3) is 5.82 Å². The maximum absolute atomic E-state index is 12.7. The van der Waals surface area contributed by atoms with E-state index in [4.69, 9.17) is 0 Å². The van der Waals surface area contributed by atoms with Gasteiger partial charge in [0.1, 0.15) is 10.7 Å². The zero-order chi connectivity index (χ0) is 18.9. The van der Waals surface area contributed by atoms with E-state index in [1.807, 2.05) is 4.90 Å². The Morgan fingerprint density at radius 2 is 2.04 bits per heavy atom. The van der Waals surface area contributed by atoms with E-state index >= 15 is 0 Å². The molecule has 0 atom stereocenters. The fourth-order valence-corrected chi connectivity index (χ4v) is 3.81.